The number of hydrogen-bond donors (Lipinski definition) is 2. The predicted molar refractivity (Wildman–Crippen MR) is 34.4 cm³/mol. The molecule has 1 aliphatic carbocycles. The van der Waals surface area contributed by atoms with E-state index >= 15 is 0 Å². The lowest BCUT2D eigenvalue weighted by Gasteiger charge is -2.34. The van der Waals surface area contributed by atoms with Crippen LogP contribution in [0, 0.1) is 5.92 Å². The molecule has 2 unspecified atom stereocenters. The summed E-state index contributed by atoms with van der Waals surface area (Å²) in [6.45, 7) is 2.28. The van der Waals surface area contributed by atoms with Gasteiger partial charge in [-0.15, -0.1) is 0 Å². The summed E-state index contributed by atoms with van der Waals surface area (Å²) in [5, 5.41) is 0. The summed E-state index contributed by atoms with van der Waals surface area (Å²) in [6, 6.07) is 0.736. The smallest absolute Gasteiger partial charge is 0.0238 e. The summed E-state index contributed by atoms with van der Waals surface area (Å²) >= 11 is 0. The molecule has 0 amide bonds. The van der Waals surface area contributed by atoms with Crippen LogP contribution in [0.1, 0.15) is 19.8 Å². The van der Waals surface area contributed by atoms with Gasteiger partial charge in [0.25, 0.3) is 0 Å². The average Bonchev–Trinajstić information content (AvgIpc) is 1.79. The standard InChI is InChI=1S/C6H14N2/c1-5-3-4-6(5)8-7-2/h5-8H,3-4H2,1-2H3. The van der Waals surface area contributed by atoms with Crippen molar-refractivity contribution >= 4 is 0 Å². The van der Waals surface area contributed by atoms with Gasteiger partial charge in [-0.2, -0.15) is 0 Å². The Balaban J connectivity index is 2.08. The van der Waals surface area contributed by atoms with Gasteiger partial charge >= 0.3 is 0 Å². The van der Waals surface area contributed by atoms with Gasteiger partial charge in [-0.1, -0.05) is 6.92 Å². The fraction of sp³-hybridized carbons (Fsp3) is 1.00. The molecule has 48 valence electrons. The Morgan fingerprint density at radius 2 is 2.12 bits per heavy atom. The van der Waals surface area contributed by atoms with Gasteiger partial charge in [-0.3, -0.25) is 10.9 Å². The highest BCUT2D eigenvalue weighted by Crippen LogP contribution is 2.25. The molecule has 1 aliphatic rings. The third kappa shape index (κ3) is 1.01. The van der Waals surface area contributed by atoms with E-state index in [1.807, 2.05) is 7.05 Å². The van der Waals surface area contributed by atoms with Crippen molar-refractivity contribution in [3.05, 3.63) is 0 Å². The first-order valence-electron chi connectivity index (χ1n) is 3.27. The fourth-order valence-electron chi connectivity index (χ4n) is 1.07. The summed E-state index contributed by atoms with van der Waals surface area (Å²) in [5.41, 5.74) is 6.13. The van der Waals surface area contributed by atoms with E-state index < -0.39 is 0 Å². The summed E-state index contributed by atoms with van der Waals surface area (Å²) in [4.78, 5) is 0. The van der Waals surface area contributed by atoms with Crippen molar-refractivity contribution in [1.29, 1.82) is 0 Å². The maximum atomic E-state index is 3.18. The van der Waals surface area contributed by atoms with Crippen LogP contribution in [0.5, 0.6) is 0 Å². The van der Waals surface area contributed by atoms with Gasteiger partial charge in [-0.25, -0.2) is 0 Å². The predicted octanol–water partition coefficient (Wildman–Crippen LogP) is 0.509. The maximum absolute atomic E-state index is 3.18. The molecule has 1 rings (SSSR count). The summed E-state index contributed by atoms with van der Waals surface area (Å²) in [5.74, 6) is 0.877. The molecule has 0 aromatic carbocycles. The highest BCUT2D eigenvalue weighted by atomic mass is 15.4. The molecule has 0 heterocycles. The second-order valence-corrected chi connectivity index (χ2v) is 2.56. The lowest BCUT2D eigenvalue weighted by Crippen LogP contribution is -2.47. The molecule has 0 radical (unpaired) electrons. The lowest BCUT2D eigenvalue weighted by molar-refractivity contribution is 0.213. The van der Waals surface area contributed by atoms with E-state index in [4.69, 9.17) is 0 Å². The topological polar surface area (TPSA) is 24.1 Å². The van der Waals surface area contributed by atoms with Crippen molar-refractivity contribution in [3.8, 4) is 0 Å². The van der Waals surface area contributed by atoms with Crippen molar-refractivity contribution in [2.45, 2.75) is 25.8 Å². The molecule has 0 aromatic heterocycles. The average molecular weight is 114 g/mol. The Kier molecular flexibility index (Phi) is 1.86. The molecule has 0 aromatic rings. The minimum atomic E-state index is 0.736. The molecule has 1 saturated carbocycles. The van der Waals surface area contributed by atoms with Gasteiger partial charge in [-0.05, 0) is 25.8 Å². The SMILES string of the molecule is CNNC1CCC1C. The van der Waals surface area contributed by atoms with Crippen LogP contribution in [-0.4, -0.2) is 13.1 Å². The molecule has 0 spiro atoms. The van der Waals surface area contributed by atoms with Gasteiger partial charge in [0.2, 0.25) is 0 Å². The Morgan fingerprint density at radius 3 is 2.25 bits per heavy atom. The van der Waals surface area contributed by atoms with E-state index in [2.05, 4.69) is 17.8 Å². The zero-order valence-electron chi connectivity index (χ0n) is 5.57. The zero-order chi connectivity index (χ0) is 5.98. The van der Waals surface area contributed by atoms with Crippen molar-refractivity contribution in [2.75, 3.05) is 7.05 Å². The second kappa shape index (κ2) is 2.46. The normalized spacial score (nSPS) is 36.8. The maximum Gasteiger partial charge on any atom is 0.0238 e. The molecule has 2 atom stereocenters. The molecule has 2 N–H and O–H groups in total. The van der Waals surface area contributed by atoms with Gasteiger partial charge in [0.1, 0.15) is 0 Å². The number of hydrazine groups is 1. The van der Waals surface area contributed by atoms with E-state index in [-0.39, 0.29) is 0 Å². The first-order chi connectivity index (χ1) is 3.84. The molecular formula is C6H14N2. The summed E-state index contributed by atoms with van der Waals surface area (Å²) in [6.07, 6.45) is 2.72. The number of nitrogens with one attached hydrogen (secondary N) is 2. The first kappa shape index (κ1) is 6.05. The van der Waals surface area contributed by atoms with Crippen LogP contribution in [0.4, 0.5) is 0 Å². The minimum Gasteiger partial charge on any atom is -0.261 e. The van der Waals surface area contributed by atoms with E-state index in [0.29, 0.717) is 0 Å². The molecule has 8 heavy (non-hydrogen) atoms. The van der Waals surface area contributed by atoms with Crippen LogP contribution in [-0.2, 0) is 0 Å². The highest BCUT2D eigenvalue weighted by molar-refractivity contribution is 4.81. The molecule has 2 nitrogen and oxygen atoms in total. The Morgan fingerprint density at radius 1 is 1.38 bits per heavy atom. The monoisotopic (exact) mass is 114 g/mol. The third-order valence-electron chi connectivity index (χ3n) is 1.95. The molecule has 0 aliphatic heterocycles. The Labute approximate surface area is 50.6 Å². The van der Waals surface area contributed by atoms with Crippen LogP contribution in [0.15, 0.2) is 0 Å². The zero-order valence-corrected chi connectivity index (χ0v) is 5.57. The van der Waals surface area contributed by atoms with Crippen molar-refractivity contribution in [2.24, 2.45) is 5.92 Å². The third-order valence-corrected chi connectivity index (χ3v) is 1.95. The van der Waals surface area contributed by atoms with Crippen molar-refractivity contribution in [1.82, 2.24) is 10.9 Å². The number of hydrogen-bond acceptors (Lipinski definition) is 2. The summed E-state index contributed by atoms with van der Waals surface area (Å²) < 4.78 is 0. The van der Waals surface area contributed by atoms with Gasteiger partial charge in [0.15, 0.2) is 0 Å². The quantitative estimate of drug-likeness (QED) is 0.511. The molecule has 1 fully saturated rings. The van der Waals surface area contributed by atoms with Gasteiger partial charge in [0, 0.05) is 6.04 Å². The second-order valence-electron chi connectivity index (χ2n) is 2.56. The summed E-state index contributed by atoms with van der Waals surface area (Å²) in [7, 11) is 1.92. The molecule has 0 bridgehead atoms. The molecule has 0 saturated heterocycles. The van der Waals surface area contributed by atoms with Crippen LogP contribution >= 0.6 is 0 Å². The van der Waals surface area contributed by atoms with E-state index in [0.717, 1.165) is 12.0 Å². The molecule has 2 heteroatoms. The van der Waals surface area contributed by atoms with Gasteiger partial charge in [0.05, 0.1) is 0 Å². The lowest BCUT2D eigenvalue weighted by atomic mass is 9.82. The fourth-order valence-corrected chi connectivity index (χ4v) is 1.07. The van der Waals surface area contributed by atoms with E-state index in [1.165, 1.54) is 12.8 Å². The van der Waals surface area contributed by atoms with Crippen LogP contribution in [0.25, 0.3) is 0 Å². The van der Waals surface area contributed by atoms with E-state index in [9.17, 15) is 0 Å². The van der Waals surface area contributed by atoms with Crippen molar-refractivity contribution < 1.29 is 0 Å². The Bertz CT molecular complexity index is 72.9. The first-order valence-corrected chi connectivity index (χ1v) is 3.27. The minimum absolute atomic E-state index is 0.736. The molecular weight excluding hydrogens is 100 g/mol. The number of rotatable bonds is 2. The van der Waals surface area contributed by atoms with Gasteiger partial charge < -0.3 is 0 Å². The van der Waals surface area contributed by atoms with Crippen LogP contribution in [0.3, 0.4) is 0 Å². The largest absolute Gasteiger partial charge is 0.261 e. The van der Waals surface area contributed by atoms with Crippen molar-refractivity contribution in [3.63, 3.8) is 0 Å². The highest BCUT2D eigenvalue weighted by Gasteiger charge is 2.25. The van der Waals surface area contributed by atoms with Crippen LogP contribution < -0.4 is 10.9 Å². The Hall–Kier alpha value is -0.0800. The van der Waals surface area contributed by atoms with E-state index in [1.54, 1.807) is 0 Å². The van der Waals surface area contributed by atoms with Crippen LogP contribution in [0.2, 0.25) is 0 Å².